The zero-order valence-corrected chi connectivity index (χ0v) is 16.8. The molecule has 3 nitrogen and oxygen atoms in total. The maximum absolute atomic E-state index is 10.8. The highest BCUT2D eigenvalue weighted by atomic mass is 16.5. The van der Waals surface area contributed by atoms with Crippen LogP contribution in [0.2, 0.25) is 0 Å². The molecule has 3 atom stereocenters. The number of ether oxygens (including phenoxy) is 2. The van der Waals surface area contributed by atoms with Crippen molar-refractivity contribution in [2.45, 2.75) is 65.9 Å². The Morgan fingerprint density at radius 1 is 1.19 bits per heavy atom. The number of hydrogen-bond acceptors (Lipinski definition) is 3. The van der Waals surface area contributed by atoms with E-state index < -0.39 is 0 Å². The summed E-state index contributed by atoms with van der Waals surface area (Å²) in [6.45, 7) is 9.90. The highest BCUT2D eigenvalue weighted by Gasteiger charge is 2.58. The van der Waals surface area contributed by atoms with E-state index in [0.29, 0.717) is 17.1 Å². The van der Waals surface area contributed by atoms with Crippen LogP contribution in [0.5, 0.6) is 11.5 Å². The second-order valence-corrected chi connectivity index (χ2v) is 9.37. The Kier molecular flexibility index (Phi) is 4.15. The molecule has 2 aliphatic carbocycles. The predicted octanol–water partition coefficient (Wildman–Crippen LogP) is 5.70. The lowest BCUT2D eigenvalue weighted by molar-refractivity contribution is -0.0169. The van der Waals surface area contributed by atoms with Gasteiger partial charge in [0, 0.05) is 5.41 Å². The zero-order valence-electron chi connectivity index (χ0n) is 16.8. The Morgan fingerprint density at radius 2 is 1.96 bits per heavy atom. The lowest BCUT2D eigenvalue weighted by Gasteiger charge is -2.54. The third-order valence-electron chi connectivity index (χ3n) is 7.37. The quantitative estimate of drug-likeness (QED) is 0.690. The molecule has 0 aromatic heterocycles. The molecule has 3 heteroatoms. The molecule has 0 bridgehead atoms. The van der Waals surface area contributed by atoms with Crippen molar-refractivity contribution in [3.63, 3.8) is 0 Å². The first-order valence-corrected chi connectivity index (χ1v) is 9.99. The van der Waals surface area contributed by atoms with Gasteiger partial charge in [-0.15, -0.1) is 0 Å². The van der Waals surface area contributed by atoms with E-state index in [-0.39, 0.29) is 11.5 Å². The molecule has 0 unspecified atom stereocenters. The molecule has 1 aromatic rings. The van der Waals surface area contributed by atoms with Crippen LogP contribution in [0.4, 0.5) is 0 Å². The van der Waals surface area contributed by atoms with Crippen molar-refractivity contribution >= 4 is 0 Å². The summed E-state index contributed by atoms with van der Waals surface area (Å²) < 4.78 is 12.1. The Morgan fingerprint density at radius 3 is 2.69 bits per heavy atom. The standard InChI is InChI=1S/C23H32O3/c1-14-11-16(24)19(17(12-14)25-5)21-20-15(2)7-8-18-22(3,4)9-6-10-23(18,20)13-26-21/h11-12,18,21,24H,6-10,13H2,1-5H3/t18-,21-,23-/m0/s1. The molecule has 142 valence electrons. The van der Waals surface area contributed by atoms with Gasteiger partial charge in [0.1, 0.15) is 17.6 Å². The minimum atomic E-state index is -0.178. The van der Waals surface area contributed by atoms with Gasteiger partial charge >= 0.3 is 0 Å². The maximum atomic E-state index is 10.8. The van der Waals surface area contributed by atoms with E-state index in [1.54, 1.807) is 7.11 Å². The van der Waals surface area contributed by atoms with Gasteiger partial charge in [0.15, 0.2) is 0 Å². The molecule has 1 N–H and O–H groups in total. The Balaban J connectivity index is 1.86. The summed E-state index contributed by atoms with van der Waals surface area (Å²) in [4.78, 5) is 0. The van der Waals surface area contributed by atoms with Gasteiger partial charge in [-0.1, -0.05) is 25.8 Å². The Bertz CT molecular complexity index is 761. The van der Waals surface area contributed by atoms with E-state index >= 15 is 0 Å². The SMILES string of the molecule is COc1cc(C)cc(O)c1[C@@H]1OC[C@@]23CCCC(C)(C)[C@@H]2CCC(C)=C13. The molecule has 1 aliphatic heterocycles. The zero-order chi connectivity index (χ0) is 18.7. The molecule has 0 amide bonds. The molecule has 1 saturated heterocycles. The number of hydrogen-bond donors (Lipinski definition) is 1. The molecular formula is C23H32O3. The lowest BCUT2D eigenvalue weighted by Crippen LogP contribution is -2.47. The van der Waals surface area contributed by atoms with Crippen LogP contribution in [0.1, 0.15) is 70.1 Å². The number of methoxy groups -OCH3 is 1. The third-order valence-corrected chi connectivity index (χ3v) is 7.37. The first kappa shape index (κ1) is 17.9. The highest BCUT2D eigenvalue weighted by Crippen LogP contribution is 2.66. The minimum absolute atomic E-state index is 0.136. The Hall–Kier alpha value is -1.48. The molecule has 1 aromatic carbocycles. The van der Waals surface area contributed by atoms with Gasteiger partial charge in [0.05, 0.1) is 19.3 Å². The number of rotatable bonds is 2. The largest absolute Gasteiger partial charge is 0.507 e. The lowest BCUT2D eigenvalue weighted by atomic mass is 9.50. The van der Waals surface area contributed by atoms with Gasteiger partial charge < -0.3 is 14.6 Å². The molecule has 1 saturated carbocycles. The molecule has 3 aliphatic rings. The average molecular weight is 357 g/mol. The summed E-state index contributed by atoms with van der Waals surface area (Å²) >= 11 is 0. The predicted molar refractivity (Wildman–Crippen MR) is 104 cm³/mol. The number of benzene rings is 1. The third kappa shape index (κ3) is 2.43. The van der Waals surface area contributed by atoms with Crippen molar-refractivity contribution in [1.82, 2.24) is 0 Å². The van der Waals surface area contributed by atoms with Crippen molar-refractivity contribution in [2.24, 2.45) is 16.7 Å². The number of allylic oxidation sites excluding steroid dienone is 1. The molecule has 1 heterocycles. The van der Waals surface area contributed by atoms with Gasteiger partial charge in [-0.3, -0.25) is 0 Å². The number of phenolic OH excluding ortho intramolecular Hbond substituents is 1. The van der Waals surface area contributed by atoms with Crippen LogP contribution in [-0.2, 0) is 4.74 Å². The first-order valence-electron chi connectivity index (χ1n) is 9.99. The fourth-order valence-corrected chi connectivity index (χ4v) is 6.32. The van der Waals surface area contributed by atoms with Crippen molar-refractivity contribution < 1.29 is 14.6 Å². The summed E-state index contributed by atoms with van der Waals surface area (Å²) in [6.07, 6.45) is 5.99. The smallest absolute Gasteiger partial charge is 0.129 e. The van der Waals surface area contributed by atoms with Gasteiger partial charge in [0.2, 0.25) is 0 Å². The van der Waals surface area contributed by atoms with Crippen LogP contribution in [0.15, 0.2) is 23.3 Å². The fourth-order valence-electron chi connectivity index (χ4n) is 6.32. The van der Waals surface area contributed by atoms with Gasteiger partial charge in [-0.25, -0.2) is 0 Å². The van der Waals surface area contributed by atoms with E-state index in [1.807, 2.05) is 19.1 Å². The van der Waals surface area contributed by atoms with Crippen LogP contribution in [0.25, 0.3) is 0 Å². The van der Waals surface area contributed by atoms with E-state index in [2.05, 4.69) is 20.8 Å². The molecule has 4 rings (SSSR count). The van der Waals surface area contributed by atoms with Crippen LogP contribution in [0, 0.1) is 23.7 Å². The summed E-state index contributed by atoms with van der Waals surface area (Å²) in [5.74, 6) is 1.69. The molecular weight excluding hydrogens is 324 g/mol. The van der Waals surface area contributed by atoms with Crippen molar-refractivity contribution in [3.05, 3.63) is 34.4 Å². The minimum Gasteiger partial charge on any atom is -0.507 e. The summed E-state index contributed by atoms with van der Waals surface area (Å²) in [5, 5.41) is 10.8. The molecule has 1 spiro atoms. The first-order chi connectivity index (χ1) is 12.3. The van der Waals surface area contributed by atoms with E-state index in [0.717, 1.165) is 29.9 Å². The highest BCUT2D eigenvalue weighted by molar-refractivity contribution is 5.53. The fraction of sp³-hybridized carbons (Fsp3) is 0.652. The number of aromatic hydroxyl groups is 1. The van der Waals surface area contributed by atoms with Crippen LogP contribution in [0.3, 0.4) is 0 Å². The van der Waals surface area contributed by atoms with E-state index in [1.165, 1.54) is 36.8 Å². The maximum Gasteiger partial charge on any atom is 0.129 e. The second kappa shape index (κ2) is 6.02. The van der Waals surface area contributed by atoms with Crippen LogP contribution < -0.4 is 4.74 Å². The topological polar surface area (TPSA) is 38.7 Å². The molecule has 0 radical (unpaired) electrons. The monoisotopic (exact) mass is 356 g/mol. The average Bonchev–Trinajstić information content (AvgIpc) is 2.93. The van der Waals surface area contributed by atoms with Crippen LogP contribution in [-0.4, -0.2) is 18.8 Å². The molecule has 26 heavy (non-hydrogen) atoms. The van der Waals surface area contributed by atoms with Crippen molar-refractivity contribution in [2.75, 3.05) is 13.7 Å². The van der Waals surface area contributed by atoms with E-state index in [9.17, 15) is 5.11 Å². The second-order valence-electron chi connectivity index (χ2n) is 9.37. The van der Waals surface area contributed by atoms with Gasteiger partial charge in [0.25, 0.3) is 0 Å². The van der Waals surface area contributed by atoms with E-state index in [4.69, 9.17) is 9.47 Å². The normalized spacial score (nSPS) is 33.0. The van der Waals surface area contributed by atoms with Gasteiger partial charge in [-0.2, -0.15) is 0 Å². The molecule has 2 fully saturated rings. The summed E-state index contributed by atoms with van der Waals surface area (Å²) in [6, 6.07) is 3.83. The van der Waals surface area contributed by atoms with Crippen molar-refractivity contribution in [3.8, 4) is 11.5 Å². The summed E-state index contributed by atoms with van der Waals surface area (Å²) in [5.41, 5.74) is 5.21. The Labute approximate surface area is 157 Å². The van der Waals surface area contributed by atoms with Crippen molar-refractivity contribution in [1.29, 1.82) is 0 Å². The summed E-state index contributed by atoms with van der Waals surface area (Å²) in [7, 11) is 1.68. The van der Waals surface area contributed by atoms with Crippen LogP contribution >= 0.6 is 0 Å². The number of aryl methyl sites for hydroxylation is 1. The number of phenols is 1. The van der Waals surface area contributed by atoms with Gasteiger partial charge in [-0.05, 0) is 74.1 Å².